The van der Waals surface area contributed by atoms with Crippen LogP contribution in [0.2, 0.25) is 0 Å². The van der Waals surface area contributed by atoms with Gasteiger partial charge in [-0.05, 0) is 67.1 Å². The van der Waals surface area contributed by atoms with E-state index in [0.717, 1.165) is 42.5 Å². The Labute approximate surface area is 190 Å². The molecule has 32 heavy (non-hydrogen) atoms. The summed E-state index contributed by atoms with van der Waals surface area (Å²) < 4.78 is 5.56. The van der Waals surface area contributed by atoms with E-state index in [0.29, 0.717) is 21.9 Å². The fourth-order valence-corrected chi connectivity index (χ4v) is 5.03. The highest BCUT2D eigenvalue weighted by atomic mass is 32.1. The van der Waals surface area contributed by atoms with Gasteiger partial charge in [0.1, 0.15) is 16.8 Å². The van der Waals surface area contributed by atoms with E-state index in [4.69, 9.17) is 4.74 Å². The molecule has 1 aliphatic rings. The molecule has 2 N–H and O–H groups in total. The van der Waals surface area contributed by atoms with Gasteiger partial charge < -0.3 is 15.4 Å². The van der Waals surface area contributed by atoms with Crippen molar-refractivity contribution in [2.45, 2.75) is 32.6 Å². The lowest BCUT2D eigenvalue weighted by Crippen LogP contribution is -2.20. The fourth-order valence-electron chi connectivity index (χ4n) is 3.77. The summed E-state index contributed by atoms with van der Waals surface area (Å²) in [5.74, 6) is -0.0378. The number of rotatable bonds is 7. The summed E-state index contributed by atoms with van der Waals surface area (Å²) >= 11 is 1.48. The SMILES string of the molecule is CCc1ccccc1NC(=O)c1ccc(OCC(=O)Nc2sc3c(c2C#N)CCC3)cc1. The predicted molar refractivity (Wildman–Crippen MR) is 125 cm³/mol. The van der Waals surface area contributed by atoms with Gasteiger partial charge >= 0.3 is 0 Å². The first-order valence-corrected chi connectivity index (χ1v) is 11.4. The molecule has 0 spiro atoms. The molecular formula is C25H23N3O3S. The van der Waals surface area contributed by atoms with Crippen molar-refractivity contribution in [2.24, 2.45) is 0 Å². The molecule has 0 unspecified atom stereocenters. The monoisotopic (exact) mass is 445 g/mol. The van der Waals surface area contributed by atoms with E-state index >= 15 is 0 Å². The van der Waals surface area contributed by atoms with Gasteiger partial charge in [-0.3, -0.25) is 9.59 Å². The number of carbonyl (C=O) groups excluding carboxylic acids is 2. The molecule has 1 heterocycles. The largest absolute Gasteiger partial charge is 0.484 e. The second-order valence-corrected chi connectivity index (χ2v) is 8.60. The lowest BCUT2D eigenvalue weighted by atomic mass is 10.1. The van der Waals surface area contributed by atoms with Crippen LogP contribution in [0.3, 0.4) is 0 Å². The summed E-state index contributed by atoms with van der Waals surface area (Å²) in [6, 6.07) is 16.6. The smallest absolute Gasteiger partial charge is 0.262 e. The number of aryl methyl sites for hydroxylation is 2. The molecular weight excluding hydrogens is 422 g/mol. The van der Waals surface area contributed by atoms with Crippen LogP contribution in [0.25, 0.3) is 0 Å². The molecule has 2 amide bonds. The molecule has 0 fully saturated rings. The average Bonchev–Trinajstić information content (AvgIpc) is 3.39. The van der Waals surface area contributed by atoms with Crippen LogP contribution in [0, 0.1) is 11.3 Å². The van der Waals surface area contributed by atoms with Crippen molar-refractivity contribution in [3.63, 3.8) is 0 Å². The molecule has 7 heteroatoms. The van der Waals surface area contributed by atoms with E-state index in [2.05, 4.69) is 16.7 Å². The van der Waals surface area contributed by atoms with Crippen LogP contribution in [0.1, 0.15) is 45.3 Å². The molecule has 3 aromatic rings. The molecule has 0 bridgehead atoms. The Balaban J connectivity index is 1.33. The van der Waals surface area contributed by atoms with Gasteiger partial charge in [0.2, 0.25) is 0 Å². The lowest BCUT2D eigenvalue weighted by Gasteiger charge is -2.10. The Hall–Kier alpha value is -3.63. The minimum absolute atomic E-state index is 0.178. The van der Waals surface area contributed by atoms with Crippen molar-refractivity contribution >= 4 is 33.8 Å². The Morgan fingerprint density at radius 1 is 1.09 bits per heavy atom. The summed E-state index contributed by atoms with van der Waals surface area (Å²) in [6.45, 7) is 1.86. The molecule has 0 saturated carbocycles. The van der Waals surface area contributed by atoms with Crippen molar-refractivity contribution in [3.8, 4) is 11.8 Å². The first-order chi connectivity index (χ1) is 15.6. The zero-order chi connectivity index (χ0) is 22.5. The van der Waals surface area contributed by atoms with Crippen molar-refractivity contribution in [2.75, 3.05) is 17.2 Å². The Morgan fingerprint density at radius 3 is 2.62 bits per heavy atom. The second kappa shape index (κ2) is 9.67. The number of para-hydroxylation sites is 1. The Kier molecular flexibility index (Phi) is 6.52. The maximum Gasteiger partial charge on any atom is 0.262 e. The maximum atomic E-state index is 12.5. The molecule has 6 nitrogen and oxygen atoms in total. The van der Waals surface area contributed by atoms with Gasteiger partial charge in [-0.2, -0.15) is 5.26 Å². The molecule has 162 valence electrons. The van der Waals surface area contributed by atoms with Crippen LogP contribution in [0.5, 0.6) is 5.75 Å². The number of nitrogens with one attached hydrogen (secondary N) is 2. The number of benzene rings is 2. The molecule has 0 aliphatic heterocycles. The van der Waals surface area contributed by atoms with E-state index in [-0.39, 0.29) is 18.4 Å². The number of nitrogens with zero attached hydrogens (tertiary/aromatic N) is 1. The number of ether oxygens (including phenoxy) is 1. The van der Waals surface area contributed by atoms with E-state index in [1.807, 2.05) is 31.2 Å². The van der Waals surface area contributed by atoms with Crippen LogP contribution in [-0.4, -0.2) is 18.4 Å². The number of nitriles is 1. The lowest BCUT2D eigenvalue weighted by molar-refractivity contribution is -0.118. The third-order valence-electron chi connectivity index (χ3n) is 5.42. The molecule has 0 radical (unpaired) electrons. The third kappa shape index (κ3) is 4.66. The van der Waals surface area contributed by atoms with E-state index in [1.165, 1.54) is 16.2 Å². The van der Waals surface area contributed by atoms with Gasteiger partial charge in [0.15, 0.2) is 6.61 Å². The Morgan fingerprint density at radius 2 is 1.88 bits per heavy atom. The zero-order valence-electron chi connectivity index (χ0n) is 17.7. The minimum Gasteiger partial charge on any atom is -0.484 e. The van der Waals surface area contributed by atoms with Crippen LogP contribution in [0.4, 0.5) is 10.7 Å². The fraction of sp³-hybridized carbons (Fsp3) is 0.240. The van der Waals surface area contributed by atoms with Crippen molar-refractivity contribution in [1.82, 2.24) is 0 Å². The first-order valence-electron chi connectivity index (χ1n) is 10.6. The van der Waals surface area contributed by atoms with Crippen LogP contribution >= 0.6 is 11.3 Å². The highest BCUT2D eigenvalue weighted by Crippen LogP contribution is 2.38. The Bertz CT molecular complexity index is 1190. The van der Waals surface area contributed by atoms with E-state index in [9.17, 15) is 14.9 Å². The van der Waals surface area contributed by atoms with Gasteiger partial charge in [0, 0.05) is 16.1 Å². The van der Waals surface area contributed by atoms with Gasteiger partial charge in [0.25, 0.3) is 11.8 Å². The topological polar surface area (TPSA) is 91.2 Å². The van der Waals surface area contributed by atoms with E-state index < -0.39 is 0 Å². The van der Waals surface area contributed by atoms with Crippen molar-refractivity contribution in [1.29, 1.82) is 5.26 Å². The highest BCUT2D eigenvalue weighted by Gasteiger charge is 2.23. The number of amides is 2. The predicted octanol–water partition coefficient (Wildman–Crippen LogP) is 4.94. The van der Waals surface area contributed by atoms with Gasteiger partial charge in [-0.1, -0.05) is 25.1 Å². The summed E-state index contributed by atoms with van der Waals surface area (Å²) in [7, 11) is 0. The van der Waals surface area contributed by atoms with Crippen molar-refractivity contribution in [3.05, 3.63) is 75.7 Å². The second-order valence-electron chi connectivity index (χ2n) is 7.50. The summed E-state index contributed by atoms with van der Waals surface area (Å²) in [6.07, 6.45) is 3.75. The van der Waals surface area contributed by atoms with Gasteiger partial charge in [0.05, 0.1) is 5.56 Å². The number of thiophene rings is 1. The van der Waals surface area contributed by atoms with Crippen LogP contribution in [-0.2, 0) is 24.1 Å². The molecule has 1 aromatic heterocycles. The highest BCUT2D eigenvalue weighted by molar-refractivity contribution is 7.16. The number of fused-ring (bicyclic) bond motifs is 1. The molecule has 1 aliphatic carbocycles. The standard InChI is InChI=1S/C25H23N3O3S/c1-2-16-6-3-4-8-21(16)27-24(30)17-10-12-18(13-11-17)31-15-23(29)28-25-20(14-26)19-7-5-9-22(19)32-25/h3-4,6,8,10-13H,2,5,7,9,15H2,1H3,(H,27,30)(H,28,29). The molecule has 2 aromatic carbocycles. The van der Waals surface area contributed by atoms with Crippen molar-refractivity contribution < 1.29 is 14.3 Å². The van der Waals surface area contributed by atoms with Gasteiger partial charge in [-0.25, -0.2) is 0 Å². The molecule has 0 atom stereocenters. The zero-order valence-corrected chi connectivity index (χ0v) is 18.6. The average molecular weight is 446 g/mol. The summed E-state index contributed by atoms with van der Waals surface area (Å²) in [5.41, 5.74) is 4.02. The quantitative estimate of drug-likeness (QED) is 0.539. The number of hydrogen-bond donors (Lipinski definition) is 2. The number of hydrogen-bond acceptors (Lipinski definition) is 5. The van der Waals surface area contributed by atoms with E-state index in [1.54, 1.807) is 24.3 Å². The van der Waals surface area contributed by atoms with Crippen LogP contribution in [0.15, 0.2) is 48.5 Å². The normalized spacial score (nSPS) is 12.0. The molecule has 0 saturated heterocycles. The number of anilines is 2. The first kappa shape index (κ1) is 21.6. The third-order valence-corrected chi connectivity index (χ3v) is 6.63. The van der Waals surface area contributed by atoms with Gasteiger partial charge in [-0.15, -0.1) is 11.3 Å². The maximum absolute atomic E-state index is 12.5. The molecule has 4 rings (SSSR count). The summed E-state index contributed by atoms with van der Waals surface area (Å²) in [5, 5.41) is 15.8. The van der Waals surface area contributed by atoms with Crippen LogP contribution < -0.4 is 15.4 Å². The number of carbonyl (C=O) groups is 2. The minimum atomic E-state index is -0.320. The summed E-state index contributed by atoms with van der Waals surface area (Å²) in [4.78, 5) is 26.0.